The van der Waals surface area contributed by atoms with Crippen molar-refractivity contribution in [3.05, 3.63) is 29.8 Å². The number of benzene rings is 1. The highest BCUT2D eigenvalue weighted by molar-refractivity contribution is 6.01. The Labute approximate surface area is 124 Å². The third-order valence-electron chi connectivity index (χ3n) is 4.26. The van der Waals surface area contributed by atoms with Gasteiger partial charge in [0.2, 0.25) is 5.91 Å². The average molecular weight is 287 g/mol. The van der Waals surface area contributed by atoms with E-state index in [9.17, 15) is 9.90 Å². The number of amidine groups is 1. The van der Waals surface area contributed by atoms with E-state index in [2.05, 4.69) is 9.89 Å². The van der Waals surface area contributed by atoms with Gasteiger partial charge in [-0.2, -0.15) is 0 Å². The van der Waals surface area contributed by atoms with Gasteiger partial charge in [-0.3, -0.25) is 4.79 Å². The molecule has 1 N–H and O–H groups in total. The van der Waals surface area contributed by atoms with E-state index in [1.165, 1.54) is 4.90 Å². The summed E-state index contributed by atoms with van der Waals surface area (Å²) in [4.78, 5) is 20.4. The lowest BCUT2D eigenvalue weighted by atomic mass is 9.89. The first kappa shape index (κ1) is 14.1. The number of carbonyl (C=O) groups excluding carboxylic acids is 1. The van der Waals surface area contributed by atoms with Crippen molar-refractivity contribution in [3.63, 3.8) is 0 Å². The summed E-state index contributed by atoms with van der Waals surface area (Å²) in [6.07, 6.45) is 2.24. The van der Waals surface area contributed by atoms with Crippen LogP contribution in [0.15, 0.2) is 29.3 Å². The fourth-order valence-electron chi connectivity index (χ4n) is 3.06. The normalized spacial score (nSPS) is 24.0. The van der Waals surface area contributed by atoms with Gasteiger partial charge in [-0.1, -0.05) is 18.2 Å². The van der Waals surface area contributed by atoms with Crippen LogP contribution < -0.4 is 0 Å². The van der Waals surface area contributed by atoms with Crippen LogP contribution in [0.4, 0.5) is 5.69 Å². The summed E-state index contributed by atoms with van der Waals surface area (Å²) in [5, 5.41) is 11.3. The molecule has 1 atom stereocenters. The maximum absolute atomic E-state index is 12.2. The number of aliphatic imine (C=N–C) groups is 1. The maximum Gasteiger partial charge on any atom is 0.225 e. The molecule has 5 heteroatoms. The molecule has 112 valence electrons. The zero-order chi connectivity index (χ0) is 15.0. The first-order valence-electron chi connectivity index (χ1n) is 7.38. The molecule has 1 aromatic carbocycles. The Morgan fingerprint density at radius 1 is 1.33 bits per heavy atom. The second kappa shape index (κ2) is 5.15. The fourth-order valence-corrected chi connectivity index (χ4v) is 3.06. The molecule has 0 aliphatic carbocycles. The minimum atomic E-state index is -1.30. The molecule has 2 aliphatic rings. The summed E-state index contributed by atoms with van der Waals surface area (Å²) in [7, 11) is 3.42. The van der Waals surface area contributed by atoms with Gasteiger partial charge in [0.1, 0.15) is 5.84 Å². The van der Waals surface area contributed by atoms with Crippen LogP contribution in [-0.4, -0.2) is 53.8 Å². The quantitative estimate of drug-likeness (QED) is 0.896. The third-order valence-corrected chi connectivity index (χ3v) is 4.26. The van der Waals surface area contributed by atoms with Gasteiger partial charge in [-0.25, -0.2) is 4.99 Å². The summed E-state index contributed by atoms with van der Waals surface area (Å²) in [5.41, 5.74) is 0.206. The van der Waals surface area contributed by atoms with E-state index in [1.54, 1.807) is 14.1 Å². The first-order valence-corrected chi connectivity index (χ1v) is 7.38. The van der Waals surface area contributed by atoms with Gasteiger partial charge in [0.05, 0.1) is 12.1 Å². The van der Waals surface area contributed by atoms with Gasteiger partial charge in [-0.15, -0.1) is 0 Å². The molecule has 2 aliphatic heterocycles. The predicted octanol–water partition coefficient (Wildman–Crippen LogP) is 1.49. The minimum absolute atomic E-state index is 0.0341. The van der Waals surface area contributed by atoms with Gasteiger partial charge in [-0.05, 0) is 18.9 Å². The Hall–Kier alpha value is -1.88. The minimum Gasteiger partial charge on any atom is -0.377 e. The number of carbonyl (C=O) groups is 1. The first-order chi connectivity index (χ1) is 10.0. The summed E-state index contributed by atoms with van der Waals surface area (Å²) < 4.78 is 0. The second-order valence-electron chi connectivity index (χ2n) is 5.97. The maximum atomic E-state index is 12.2. The van der Waals surface area contributed by atoms with Crippen LogP contribution >= 0.6 is 0 Å². The molecule has 1 amide bonds. The molecule has 0 radical (unpaired) electrons. The number of likely N-dealkylation sites (tertiary alicyclic amines) is 1. The molecular weight excluding hydrogens is 266 g/mol. The average Bonchev–Trinajstić information content (AvgIpc) is 3.06. The summed E-state index contributed by atoms with van der Waals surface area (Å²) in [6.45, 7) is 1.79. The second-order valence-corrected chi connectivity index (χ2v) is 5.97. The SMILES string of the molecule is CN(C)C(=O)CC1(O)C(N2CCCC2)=Nc2ccccc21. The summed E-state index contributed by atoms with van der Waals surface area (Å²) in [5.74, 6) is 0.539. The van der Waals surface area contributed by atoms with E-state index in [4.69, 9.17) is 0 Å². The molecule has 2 heterocycles. The summed E-state index contributed by atoms with van der Waals surface area (Å²) >= 11 is 0. The monoisotopic (exact) mass is 287 g/mol. The van der Waals surface area contributed by atoms with E-state index in [0.717, 1.165) is 37.2 Å². The number of nitrogens with zero attached hydrogens (tertiary/aromatic N) is 3. The van der Waals surface area contributed by atoms with E-state index in [0.29, 0.717) is 5.84 Å². The van der Waals surface area contributed by atoms with Crippen molar-refractivity contribution in [2.75, 3.05) is 27.2 Å². The lowest BCUT2D eigenvalue weighted by Crippen LogP contribution is -2.46. The zero-order valence-electron chi connectivity index (χ0n) is 12.5. The van der Waals surface area contributed by atoms with Crippen LogP contribution in [0.25, 0.3) is 0 Å². The fraction of sp³-hybridized carbons (Fsp3) is 0.500. The number of hydrogen-bond donors (Lipinski definition) is 1. The number of para-hydroxylation sites is 1. The molecule has 3 rings (SSSR count). The van der Waals surface area contributed by atoms with Gasteiger partial charge in [0.15, 0.2) is 5.60 Å². The van der Waals surface area contributed by atoms with Gasteiger partial charge < -0.3 is 14.9 Å². The molecule has 21 heavy (non-hydrogen) atoms. The van der Waals surface area contributed by atoms with Crippen LogP contribution in [-0.2, 0) is 10.4 Å². The number of aliphatic hydroxyl groups is 1. The highest BCUT2D eigenvalue weighted by atomic mass is 16.3. The van der Waals surface area contributed by atoms with Crippen molar-refractivity contribution in [1.29, 1.82) is 0 Å². The molecule has 1 saturated heterocycles. The lowest BCUT2D eigenvalue weighted by molar-refractivity contribution is -0.132. The molecule has 0 spiro atoms. The molecule has 1 fully saturated rings. The van der Waals surface area contributed by atoms with E-state index < -0.39 is 5.60 Å². The van der Waals surface area contributed by atoms with Crippen LogP contribution in [0.1, 0.15) is 24.8 Å². The number of amides is 1. The topological polar surface area (TPSA) is 56.1 Å². The summed E-state index contributed by atoms with van der Waals surface area (Å²) in [6, 6.07) is 7.55. The van der Waals surface area contributed by atoms with Gasteiger partial charge >= 0.3 is 0 Å². The van der Waals surface area contributed by atoms with Crippen molar-refractivity contribution >= 4 is 17.4 Å². The van der Waals surface area contributed by atoms with Crippen LogP contribution in [0.5, 0.6) is 0 Å². The Kier molecular flexibility index (Phi) is 3.45. The van der Waals surface area contributed by atoms with Crippen molar-refractivity contribution in [2.45, 2.75) is 24.9 Å². The van der Waals surface area contributed by atoms with Crippen LogP contribution in [0, 0.1) is 0 Å². The van der Waals surface area contributed by atoms with E-state index >= 15 is 0 Å². The largest absolute Gasteiger partial charge is 0.377 e. The van der Waals surface area contributed by atoms with Crippen molar-refractivity contribution < 1.29 is 9.90 Å². The molecule has 0 bridgehead atoms. The zero-order valence-corrected chi connectivity index (χ0v) is 12.5. The number of rotatable bonds is 2. The highest BCUT2D eigenvalue weighted by Crippen LogP contribution is 2.42. The van der Waals surface area contributed by atoms with Crippen molar-refractivity contribution in [3.8, 4) is 0 Å². The molecule has 1 aromatic rings. The van der Waals surface area contributed by atoms with Crippen molar-refractivity contribution in [1.82, 2.24) is 9.80 Å². The highest BCUT2D eigenvalue weighted by Gasteiger charge is 2.46. The molecule has 0 aromatic heterocycles. The Balaban J connectivity index is 2.00. The standard InChI is InChI=1S/C16H21N3O2/c1-18(2)14(20)11-16(21)12-7-3-4-8-13(12)17-15(16)19-9-5-6-10-19/h3-4,7-8,21H,5-6,9-11H2,1-2H3. The van der Waals surface area contributed by atoms with Crippen LogP contribution in [0.3, 0.4) is 0 Å². The number of hydrogen-bond acceptors (Lipinski definition) is 4. The molecular formula is C16H21N3O2. The Bertz CT molecular complexity index is 591. The van der Waals surface area contributed by atoms with Crippen LogP contribution in [0.2, 0.25) is 0 Å². The van der Waals surface area contributed by atoms with Crippen molar-refractivity contribution in [2.24, 2.45) is 4.99 Å². The molecule has 0 saturated carbocycles. The Morgan fingerprint density at radius 3 is 2.67 bits per heavy atom. The molecule has 5 nitrogen and oxygen atoms in total. The van der Waals surface area contributed by atoms with E-state index in [1.807, 2.05) is 24.3 Å². The lowest BCUT2D eigenvalue weighted by Gasteiger charge is -2.32. The van der Waals surface area contributed by atoms with Gasteiger partial charge in [0, 0.05) is 32.7 Å². The predicted molar refractivity (Wildman–Crippen MR) is 81.6 cm³/mol. The molecule has 1 unspecified atom stereocenters. The van der Waals surface area contributed by atoms with E-state index in [-0.39, 0.29) is 12.3 Å². The smallest absolute Gasteiger partial charge is 0.225 e. The number of fused-ring (bicyclic) bond motifs is 1. The Morgan fingerprint density at radius 2 is 2.00 bits per heavy atom. The van der Waals surface area contributed by atoms with Gasteiger partial charge in [0.25, 0.3) is 0 Å². The third kappa shape index (κ3) is 2.31.